The van der Waals surface area contributed by atoms with Gasteiger partial charge in [-0.1, -0.05) is 29.8 Å². The number of nitrogens with zero attached hydrogens (tertiary/aromatic N) is 2. The van der Waals surface area contributed by atoms with E-state index in [2.05, 4.69) is 6.07 Å². The van der Waals surface area contributed by atoms with Crippen molar-refractivity contribution in [3.05, 3.63) is 58.6 Å². The molecule has 17 heavy (non-hydrogen) atoms. The number of benzene rings is 2. The number of halogens is 1. The second-order valence-corrected chi connectivity index (χ2v) is 3.90. The fraction of sp³-hybridized carbons (Fsp3) is 0. The molecule has 3 heteroatoms. The second-order valence-electron chi connectivity index (χ2n) is 3.50. The molecule has 0 fully saturated rings. The largest absolute Gasteiger partial charge is 0.192 e. The van der Waals surface area contributed by atoms with Gasteiger partial charge in [0.1, 0.15) is 6.07 Å². The van der Waals surface area contributed by atoms with E-state index in [0.29, 0.717) is 16.1 Å². The minimum atomic E-state index is 0.439. The summed E-state index contributed by atoms with van der Waals surface area (Å²) in [4.78, 5) is 0. The first-order chi connectivity index (χ1) is 8.24. The van der Waals surface area contributed by atoms with Gasteiger partial charge in [0.05, 0.1) is 22.2 Å². The van der Waals surface area contributed by atoms with Crippen molar-refractivity contribution in [3.8, 4) is 23.3 Å². The molecule has 0 atom stereocenters. The number of hydrogen-bond acceptors (Lipinski definition) is 2. The summed E-state index contributed by atoms with van der Waals surface area (Å²) < 4.78 is 0. The number of nitriles is 2. The fourth-order valence-corrected chi connectivity index (χ4v) is 1.75. The van der Waals surface area contributed by atoms with Crippen molar-refractivity contribution in [2.45, 2.75) is 0 Å². The maximum absolute atomic E-state index is 8.78. The van der Waals surface area contributed by atoms with Crippen molar-refractivity contribution in [2.24, 2.45) is 0 Å². The van der Waals surface area contributed by atoms with Gasteiger partial charge in [-0.25, -0.2) is 0 Å². The van der Waals surface area contributed by atoms with Crippen LogP contribution in [0.5, 0.6) is 0 Å². The minimum absolute atomic E-state index is 0.439. The molecule has 0 aromatic heterocycles. The smallest absolute Gasteiger partial charge is 0.101 e. The predicted octanol–water partition coefficient (Wildman–Crippen LogP) is 3.75. The summed E-state index contributed by atoms with van der Waals surface area (Å²) in [6.07, 6.45) is 0. The van der Waals surface area contributed by atoms with Crippen LogP contribution in [0.25, 0.3) is 11.1 Å². The maximum Gasteiger partial charge on any atom is 0.101 e. The lowest BCUT2D eigenvalue weighted by Crippen LogP contribution is -1.82. The van der Waals surface area contributed by atoms with E-state index in [1.54, 1.807) is 24.3 Å². The summed E-state index contributed by atoms with van der Waals surface area (Å²) >= 11 is 5.96. The predicted molar refractivity (Wildman–Crippen MR) is 66.3 cm³/mol. The van der Waals surface area contributed by atoms with Gasteiger partial charge in [0.2, 0.25) is 0 Å². The van der Waals surface area contributed by atoms with E-state index in [4.69, 9.17) is 22.1 Å². The van der Waals surface area contributed by atoms with Gasteiger partial charge >= 0.3 is 0 Å². The van der Waals surface area contributed by atoms with E-state index in [-0.39, 0.29) is 0 Å². The molecule has 0 unspecified atom stereocenters. The van der Waals surface area contributed by atoms with E-state index in [1.165, 1.54) is 0 Å². The monoisotopic (exact) mass is 238 g/mol. The summed E-state index contributed by atoms with van der Waals surface area (Å²) in [5.74, 6) is 0. The Labute approximate surface area is 104 Å². The SMILES string of the molecule is N#Cc1ccc(-c2ccc(C#N)c(Cl)c2)cc1. The molecule has 80 valence electrons. The summed E-state index contributed by atoms with van der Waals surface area (Å²) in [5, 5.41) is 17.9. The van der Waals surface area contributed by atoms with Gasteiger partial charge in [-0.2, -0.15) is 10.5 Å². The molecule has 0 amide bonds. The van der Waals surface area contributed by atoms with Crippen molar-refractivity contribution in [2.75, 3.05) is 0 Å². The summed E-state index contributed by atoms with van der Waals surface area (Å²) in [6, 6.07) is 16.6. The lowest BCUT2D eigenvalue weighted by Gasteiger charge is -2.03. The highest BCUT2D eigenvalue weighted by molar-refractivity contribution is 6.32. The molecule has 0 spiro atoms. The standard InChI is InChI=1S/C14H7ClN2/c15-14-7-12(5-6-13(14)9-17)11-3-1-10(8-16)2-4-11/h1-7H. The quantitative estimate of drug-likeness (QED) is 0.760. The first-order valence-electron chi connectivity index (χ1n) is 4.95. The third-order valence-corrected chi connectivity index (χ3v) is 2.75. The molecule has 0 saturated heterocycles. The van der Waals surface area contributed by atoms with Gasteiger partial charge in [-0.05, 0) is 35.4 Å². The summed E-state index contributed by atoms with van der Waals surface area (Å²) in [7, 11) is 0. The molecular formula is C14H7ClN2. The van der Waals surface area contributed by atoms with E-state index >= 15 is 0 Å². The highest BCUT2D eigenvalue weighted by Crippen LogP contribution is 2.25. The Morgan fingerprint density at radius 3 is 2.00 bits per heavy atom. The topological polar surface area (TPSA) is 47.6 Å². The van der Waals surface area contributed by atoms with E-state index in [1.807, 2.05) is 24.3 Å². The zero-order chi connectivity index (χ0) is 12.3. The molecule has 0 saturated carbocycles. The Bertz CT molecular complexity index is 631. The minimum Gasteiger partial charge on any atom is -0.192 e. The summed E-state index contributed by atoms with van der Waals surface area (Å²) in [5.41, 5.74) is 2.98. The van der Waals surface area contributed by atoms with Crippen molar-refractivity contribution in [1.82, 2.24) is 0 Å². The zero-order valence-corrected chi connectivity index (χ0v) is 9.57. The first-order valence-corrected chi connectivity index (χ1v) is 5.32. The molecule has 0 aliphatic heterocycles. The van der Waals surface area contributed by atoms with Crippen LogP contribution in [0, 0.1) is 22.7 Å². The Balaban J connectivity index is 2.44. The van der Waals surface area contributed by atoms with Crippen LogP contribution in [0.3, 0.4) is 0 Å². The molecule has 2 aromatic rings. The van der Waals surface area contributed by atoms with Crippen LogP contribution in [0.4, 0.5) is 0 Å². The van der Waals surface area contributed by atoms with Crippen molar-refractivity contribution in [1.29, 1.82) is 10.5 Å². The summed E-state index contributed by atoms with van der Waals surface area (Å²) in [6.45, 7) is 0. The second kappa shape index (κ2) is 4.70. The first kappa shape index (κ1) is 11.2. The van der Waals surface area contributed by atoms with Crippen LogP contribution < -0.4 is 0 Å². The van der Waals surface area contributed by atoms with Gasteiger partial charge in [0, 0.05) is 0 Å². The molecule has 0 aliphatic rings. The highest BCUT2D eigenvalue weighted by atomic mass is 35.5. The average Bonchev–Trinajstić information content (AvgIpc) is 2.39. The Hall–Kier alpha value is -2.29. The van der Waals surface area contributed by atoms with Crippen LogP contribution in [-0.2, 0) is 0 Å². The number of hydrogen-bond donors (Lipinski definition) is 0. The van der Waals surface area contributed by atoms with Crippen LogP contribution in [0.2, 0.25) is 5.02 Å². The van der Waals surface area contributed by atoms with Gasteiger partial charge in [0.25, 0.3) is 0 Å². The normalized spacial score (nSPS) is 9.35. The molecule has 2 nitrogen and oxygen atoms in total. The van der Waals surface area contributed by atoms with Crippen LogP contribution in [0.15, 0.2) is 42.5 Å². The molecule has 2 aromatic carbocycles. The van der Waals surface area contributed by atoms with Crippen LogP contribution >= 0.6 is 11.6 Å². The van der Waals surface area contributed by atoms with Crippen LogP contribution in [-0.4, -0.2) is 0 Å². The Morgan fingerprint density at radius 2 is 1.47 bits per heavy atom. The molecular weight excluding hydrogens is 232 g/mol. The third-order valence-electron chi connectivity index (χ3n) is 2.44. The zero-order valence-electron chi connectivity index (χ0n) is 8.81. The molecule has 2 rings (SSSR count). The molecule has 0 heterocycles. The van der Waals surface area contributed by atoms with Gasteiger partial charge in [0.15, 0.2) is 0 Å². The maximum atomic E-state index is 8.78. The van der Waals surface area contributed by atoms with Crippen molar-refractivity contribution in [3.63, 3.8) is 0 Å². The van der Waals surface area contributed by atoms with Gasteiger partial charge < -0.3 is 0 Å². The lowest BCUT2D eigenvalue weighted by atomic mass is 10.0. The molecule has 0 bridgehead atoms. The highest BCUT2D eigenvalue weighted by Gasteiger charge is 2.03. The Kier molecular flexibility index (Phi) is 3.10. The van der Waals surface area contributed by atoms with Crippen LogP contribution in [0.1, 0.15) is 11.1 Å². The molecule has 0 radical (unpaired) electrons. The van der Waals surface area contributed by atoms with Gasteiger partial charge in [-0.3, -0.25) is 0 Å². The number of rotatable bonds is 1. The van der Waals surface area contributed by atoms with Crippen molar-refractivity contribution < 1.29 is 0 Å². The lowest BCUT2D eigenvalue weighted by molar-refractivity contribution is 1.47. The average molecular weight is 239 g/mol. The van der Waals surface area contributed by atoms with E-state index in [0.717, 1.165) is 11.1 Å². The van der Waals surface area contributed by atoms with Gasteiger partial charge in [-0.15, -0.1) is 0 Å². The molecule has 0 N–H and O–H groups in total. The van der Waals surface area contributed by atoms with E-state index in [9.17, 15) is 0 Å². The third kappa shape index (κ3) is 2.28. The molecule has 0 aliphatic carbocycles. The fourth-order valence-electron chi connectivity index (χ4n) is 1.52. The Morgan fingerprint density at radius 1 is 0.824 bits per heavy atom. The van der Waals surface area contributed by atoms with E-state index < -0.39 is 0 Å². The van der Waals surface area contributed by atoms with Crippen molar-refractivity contribution >= 4 is 11.6 Å².